The first kappa shape index (κ1) is 18.0. The van der Waals surface area contributed by atoms with Crippen molar-refractivity contribution in [2.45, 2.75) is 32.4 Å². The van der Waals surface area contributed by atoms with Gasteiger partial charge in [-0.3, -0.25) is 9.36 Å². The number of halogens is 2. The predicted octanol–water partition coefficient (Wildman–Crippen LogP) is 4.58. The van der Waals surface area contributed by atoms with Gasteiger partial charge in [0.15, 0.2) is 0 Å². The molecule has 1 unspecified atom stereocenters. The summed E-state index contributed by atoms with van der Waals surface area (Å²) in [5.74, 6) is -0.225. The topological polar surface area (TPSA) is 38.1 Å². The fourth-order valence-corrected chi connectivity index (χ4v) is 3.22. The fraction of sp³-hybridized carbons (Fsp3) is 0.300. The van der Waals surface area contributed by atoms with Gasteiger partial charge < -0.3 is 4.90 Å². The average Bonchev–Trinajstić information content (AvgIpc) is 3.01. The zero-order chi connectivity index (χ0) is 18.7. The van der Waals surface area contributed by atoms with E-state index in [0.717, 1.165) is 10.1 Å². The summed E-state index contributed by atoms with van der Waals surface area (Å²) in [7, 11) is 1.63. The number of benzene rings is 2. The van der Waals surface area contributed by atoms with Crippen molar-refractivity contribution in [3.8, 4) is 0 Å². The van der Waals surface area contributed by atoms with E-state index in [-0.39, 0.29) is 24.2 Å². The van der Waals surface area contributed by atoms with Gasteiger partial charge in [0.05, 0.1) is 23.5 Å². The maximum Gasteiger partial charge on any atom is 0.320 e. The Kier molecular flexibility index (Phi) is 5.30. The van der Waals surface area contributed by atoms with Crippen LogP contribution in [0.25, 0.3) is 11.0 Å². The van der Waals surface area contributed by atoms with Crippen LogP contribution < -0.4 is 0 Å². The van der Waals surface area contributed by atoms with Crippen LogP contribution in [-0.2, 0) is 11.3 Å². The Morgan fingerprint density at radius 2 is 1.77 bits per heavy atom. The maximum atomic E-state index is 13.6. The minimum atomic E-state index is -2.71. The summed E-state index contributed by atoms with van der Waals surface area (Å²) < 4.78 is 28.0. The Bertz CT molecular complexity index is 892. The minimum absolute atomic E-state index is 0.0290. The Hall–Kier alpha value is -2.76. The summed E-state index contributed by atoms with van der Waals surface area (Å²) in [6.45, 7) is -0.740. The van der Waals surface area contributed by atoms with Gasteiger partial charge in [-0.05, 0) is 24.1 Å². The van der Waals surface area contributed by atoms with E-state index in [1.165, 1.54) is 4.90 Å². The standard InChI is InChI=1S/C20H21F2N3O/c1-3-15(14-9-5-4-6-10-14)19(26)24(2)13-18-23-16-11-7-8-12-17(16)25(18)20(21)22/h4-12,15,20H,3,13H2,1-2H3. The fourth-order valence-electron chi connectivity index (χ4n) is 3.22. The van der Waals surface area contributed by atoms with Crippen molar-refractivity contribution in [1.82, 2.24) is 14.5 Å². The van der Waals surface area contributed by atoms with Gasteiger partial charge in [-0.25, -0.2) is 4.98 Å². The first-order chi connectivity index (χ1) is 12.5. The third-order valence-electron chi connectivity index (χ3n) is 4.53. The molecule has 1 atom stereocenters. The number of hydrogen-bond acceptors (Lipinski definition) is 2. The van der Waals surface area contributed by atoms with Gasteiger partial charge >= 0.3 is 6.55 Å². The molecule has 1 aromatic heterocycles. The van der Waals surface area contributed by atoms with Gasteiger partial charge in [-0.15, -0.1) is 0 Å². The molecule has 0 bridgehead atoms. The van der Waals surface area contributed by atoms with Crippen LogP contribution in [0.15, 0.2) is 54.6 Å². The van der Waals surface area contributed by atoms with Crippen molar-refractivity contribution in [3.05, 3.63) is 66.0 Å². The molecule has 4 nitrogen and oxygen atoms in total. The summed E-state index contributed by atoms with van der Waals surface area (Å²) in [6.07, 6.45) is 0.637. The lowest BCUT2D eigenvalue weighted by molar-refractivity contribution is -0.132. The number of amides is 1. The van der Waals surface area contributed by atoms with E-state index >= 15 is 0 Å². The summed E-state index contributed by atoms with van der Waals surface area (Å²) in [4.78, 5) is 18.7. The molecule has 0 N–H and O–H groups in total. The van der Waals surface area contributed by atoms with Crippen LogP contribution in [-0.4, -0.2) is 27.4 Å². The van der Waals surface area contributed by atoms with Crippen molar-refractivity contribution in [1.29, 1.82) is 0 Å². The number of rotatable bonds is 6. The van der Waals surface area contributed by atoms with Crippen molar-refractivity contribution in [3.63, 3.8) is 0 Å². The third kappa shape index (κ3) is 3.45. The van der Waals surface area contributed by atoms with Crippen LogP contribution in [0, 0.1) is 0 Å². The van der Waals surface area contributed by atoms with Crippen LogP contribution in [0.4, 0.5) is 8.78 Å². The monoisotopic (exact) mass is 357 g/mol. The second-order valence-electron chi connectivity index (χ2n) is 6.23. The zero-order valence-electron chi connectivity index (χ0n) is 14.8. The highest BCUT2D eigenvalue weighted by Gasteiger charge is 2.25. The molecule has 0 spiro atoms. The number of alkyl halides is 2. The smallest absolute Gasteiger partial charge is 0.320 e. The molecule has 3 rings (SSSR count). The molecule has 1 heterocycles. The summed E-state index contributed by atoms with van der Waals surface area (Å²) >= 11 is 0. The number of aromatic nitrogens is 2. The van der Waals surface area contributed by atoms with Crippen LogP contribution in [0.5, 0.6) is 0 Å². The van der Waals surface area contributed by atoms with Crippen LogP contribution in [0.2, 0.25) is 0 Å². The van der Waals surface area contributed by atoms with E-state index in [1.54, 1.807) is 31.3 Å². The first-order valence-corrected chi connectivity index (χ1v) is 8.56. The average molecular weight is 357 g/mol. The Labute approximate surface area is 151 Å². The molecule has 6 heteroatoms. The first-order valence-electron chi connectivity index (χ1n) is 8.56. The molecule has 0 fully saturated rings. The lowest BCUT2D eigenvalue weighted by Crippen LogP contribution is -2.32. The quantitative estimate of drug-likeness (QED) is 0.647. The highest BCUT2D eigenvalue weighted by atomic mass is 19.3. The summed E-state index contributed by atoms with van der Waals surface area (Å²) in [6, 6.07) is 16.3. The molecule has 26 heavy (non-hydrogen) atoms. The SMILES string of the molecule is CCC(C(=O)N(C)Cc1nc2ccccc2n1C(F)F)c1ccccc1. The lowest BCUT2D eigenvalue weighted by atomic mass is 9.95. The van der Waals surface area contributed by atoms with E-state index in [4.69, 9.17) is 0 Å². The second-order valence-corrected chi connectivity index (χ2v) is 6.23. The van der Waals surface area contributed by atoms with Gasteiger partial charge in [-0.2, -0.15) is 8.78 Å². The van der Waals surface area contributed by atoms with E-state index in [0.29, 0.717) is 17.5 Å². The highest BCUT2D eigenvalue weighted by Crippen LogP contribution is 2.26. The number of carbonyl (C=O) groups excluding carboxylic acids is 1. The van der Waals surface area contributed by atoms with Gasteiger partial charge in [0.1, 0.15) is 5.82 Å². The van der Waals surface area contributed by atoms with Crippen molar-refractivity contribution in [2.75, 3.05) is 7.05 Å². The molecule has 0 aliphatic rings. The lowest BCUT2D eigenvalue weighted by Gasteiger charge is -2.23. The van der Waals surface area contributed by atoms with E-state index < -0.39 is 6.55 Å². The molecule has 136 valence electrons. The van der Waals surface area contributed by atoms with Gasteiger partial charge in [0.2, 0.25) is 5.91 Å². The molecule has 0 radical (unpaired) electrons. The van der Waals surface area contributed by atoms with Crippen LogP contribution in [0.1, 0.15) is 37.2 Å². The zero-order valence-corrected chi connectivity index (χ0v) is 14.8. The number of para-hydroxylation sites is 2. The number of fused-ring (bicyclic) bond motifs is 1. The molecule has 1 amide bonds. The molecule has 2 aromatic carbocycles. The number of carbonyl (C=O) groups is 1. The maximum absolute atomic E-state index is 13.6. The summed E-state index contributed by atoms with van der Waals surface area (Å²) in [5.41, 5.74) is 1.79. The van der Waals surface area contributed by atoms with Gasteiger partial charge in [-0.1, -0.05) is 49.4 Å². The van der Waals surface area contributed by atoms with Crippen LogP contribution in [0.3, 0.4) is 0 Å². The second kappa shape index (κ2) is 7.64. The normalized spacial score (nSPS) is 12.5. The van der Waals surface area contributed by atoms with Crippen LogP contribution >= 0.6 is 0 Å². The Balaban J connectivity index is 1.87. The van der Waals surface area contributed by atoms with Crippen molar-refractivity contribution in [2.24, 2.45) is 0 Å². The molecule has 0 aliphatic heterocycles. The predicted molar refractivity (Wildman–Crippen MR) is 96.9 cm³/mol. The number of imidazole rings is 1. The highest BCUT2D eigenvalue weighted by molar-refractivity contribution is 5.83. The van der Waals surface area contributed by atoms with E-state index in [9.17, 15) is 13.6 Å². The molecule has 3 aromatic rings. The van der Waals surface area contributed by atoms with Gasteiger partial charge in [0.25, 0.3) is 0 Å². The largest absolute Gasteiger partial charge is 0.338 e. The van der Waals surface area contributed by atoms with E-state index in [1.807, 2.05) is 37.3 Å². The summed E-state index contributed by atoms with van der Waals surface area (Å²) in [5, 5.41) is 0. The number of nitrogens with zero attached hydrogens (tertiary/aromatic N) is 3. The minimum Gasteiger partial charge on any atom is -0.338 e. The third-order valence-corrected chi connectivity index (χ3v) is 4.53. The molecule has 0 saturated carbocycles. The molecular weight excluding hydrogens is 336 g/mol. The molecule has 0 aliphatic carbocycles. The van der Waals surface area contributed by atoms with Crippen molar-refractivity contribution < 1.29 is 13.6 Å². The Morgan fingerprint density at radius 1 is 1.12 bits per heavy atom. The van der Waals surface area contributed by atoms with E-state index in [2.05, 4.69) is 4.98 Å². The number of likely N-dealkylation sites (N-methyl/N-ethyl adjacent to an activating group) is 1. The number of hydrogen-bond donors (Lipinski definition) is 0. The molecule has 0 saturated heterocycles. The molecular formula is C20H21F2N3O. The van der Waals surface area contributed by atoms with Gasteiger partial charge in [0, 0.05) is 7.05 Å². The van der Waals surface area contributed by atoms with Crippen molar-refractivity contribution >= 4 is 16.9 Å². The Morgan fingerprint density at radius 3 is 2.42 bits per heavy atom.